The maximum atomic E-state index is 11.5. The molecule has 0 aromatic heterocycles. The number of esters is 1. The molecule has 0 saturated heterocycles. The maximum Gasteiger partial charge on any atom is 0.338 e. The Kier molecular flexibility index (Phi) is 7.93. The van der Waals surface area contributed by atoms with Gasteiger partial charge in [-0.2, -0.15) is 0 Å². The molecule has 0 aliphatic rings. The quantitative estimate of drug-likeness (QED) is 0.385. The highest BCUT2D eigenvalue weighted by molar-refractivity contribution is 5.89. The average molecular weight is 274 g/mol. The Morgan fingerprint density at radius 3 is 2.65 bits per heavy atom. The molecule has 3 nitrogen and oxygen atoms in total. The summed E-state index contributed by atoms with van der Waals surface area (Å²) < 4.78 is 10.5. The number of hydrogen-bond donors (Lipinski definition) is 0. The van der Waals surface area contributed by atoms with Crippen molar-refractivity contribution in [2.24, 2.45) is 0 Å². The van der Waals surface area contributed by atoms with Crippen LogP contribution in [0.1, 0.15) is 43.0 Å². The molecular formula is C17H22O3. The first-order chi connectivity index (χ1) is 9.77. The fourth-order valence-corrected chi connectivity index (χ4v) is 1.72. The zero-order valence-corrected chi connectivity index (χ0v) is 12.1. The number of hydrogen-bond acceptors (Lipinski definition) is 3. The first kappa shape index (κ1) is 16.1. The third-order valence-electron chi connectivity index (χ3n) is 2.77. The van der Waals surface area contributed by atoms with E-state index in [2.05, 4.69) is 12.3 Å². The molecule has 0 unspecified atom stereocenters. The molecule has 0 aliphatic carbocycles. The van der Waals surface area contributed by atoms with Crippen LogP contribution >= 0.6 is 0 Å². The van der Waals surface area contributed by atoms with Crippen LogP contribution in [0, 0.1) is 0 Å². The summed E-state index contributed by atoms with van der Waals surface area (Å²) in [6.07, 6.45) is 6.25. The Balaban J connectivity index is 2.24. The smallest absolute Gasteiger partial charge is 0.338 e. The molecule has 108 valence electrons. The lowest BCUT2D eigenvalue weighted by molar-refractivity contribution is 0.0526. The van der Waals surface area contributed by atoms with Crippen LogP contribution in [0.15, 0.2) is 42.7 Å². The minimum absolute atomic E-state index is 0.297. The Hall–Kier alpha value is -1.99. The van der Waals surface area contributed by atoms with E-state index in [0.29, 0.717) is 18.8 Å². The molecule has 0 bridgehead atoms. The van der Waals surface area contributed by atoms with E-state index >= 15 is 0 Å². The van der Waals surface area contributed by atoms with E-state index in [0.717, 1.165) is 31.4 Å². The van der Waals surface area contributed by atoms with Crippen molar-refractivity contribution >= 4 is 5.97 Å². The Labute approximate surface area is 120 Å². The monoisotopic (exact) mass is 274 g/mol. The van der Waals surface area contributed by atoms with Gasteiger partial charge in [-0.25, -0.2) is 4.79 Å². The molecule has 0 radical (unpaired) electrons. The summed E-state index contributed by atoms with van der Waals surface area (Å²) >= 11 is 0. The highest BCUT2D eigenvalue weighted by Crippen LogP contribution is 2.13. The van der Waals surface area contributed by atoms with E-state index in [4.69, 9.17) is 9.47 Å². The molecule has 1 aromatic rings. The molecule has 3 heteroatoms. The van der Waals surface area contributed by atoms with Gasteiger partial charge in [0.15, 0.2) is 0 Å². The second-order valence-electron chi connectivity index (χ2n) is 4.35. The van der Waals surface area contributed by atoms with E-state index in [-0.39, 0.29) is 5.97 Å². The summed E-state index contributed by atoms with van der Waals surface area (Å²) in [5.74, 6) is 0.485. The maximum absolute atomic E-state index is 11.5. The SMILES string of the molecule is C=C=CCCCCCOc1ccc(C(=O)OCC)cc1. The normalized spacial score (nSPS) is 9.65. The lowest BCUT2D eigenvalue weighted by Crippen LogP contribution is -2.04. The fourth-order valence-electron chi connectivity index (χ4n) is 1.72. The van der Waals surface area contributed by atoms with Gasteiger partial charge in [-0.3, -0.25) is 0 Å². The Morgan fingerprint density at radius 1 is 1.25 bits per heavy atom. The number of unbranched alkanes of at least 4 members (excludes halogenated alkanes) is 3. The van der Waals surface area contributed by atoms with E-state index in [1.807, 2.05) is 6.08 Å². The first-order valence-corrected chi connectivity index (χ1v) is 7.02. The van der Waals surface area contributed by atoms with Gasteiger partial charge in [-0.15, -0.1) is 5.73 Å². The molecule has 0 amide bonds. The number of carbonyl (C=O) groups is 1. The molecule has 0 fully saturated rings. The zero-order chi connectivity index (χ0) is 14.6. The van der Waals surface area contributed by atoms with Gasteiger partial charge in [0.1, 0.15) is 5.75 Å². The van der Waals surface area contributed by atoms with Crippen LogP contribution in [0.5, 0.6) is 5.75 Å². The van der Waals surface area contributed by atoms with Crippen LogP contribution in [-0.4, -0.2) is 19.2 Å². The van der Waals surface area contributed by atoms with Gasteiger partial charge in [0.25, 0.3) is 0 Å². The topological polar surface area (TPSA) is 35.5 Å². The predicted octanol–water partition coefficient (Wildman–Crippen LogP) is 4.14. The van der Waals surface area contributed by atoms with Gasteiger partial charge in [-0.1, -0.05) is 6.58 Å². The molecule has 0 saturated carbocycles. The lowest BCUT2D eigenvalue weighted by Gasteiger charge is -2.07. The van der Waals surface area contributed by atoms with Crippen molar-refractivity contribution in [1.82, 2.24) is 0 Å². The van der Waals surface area contributed by atoms with E-state index in [1.54, 1.807) is 31.2 Å². The second kappa shape index (κ2) is 9.88. The van der Waals surface area contributed by atoms with Gasteiger partial charge in [0.2, 0.25) is 0 Å². The van der Waals surface area contributed by atoms with Gasteiger partial charge in [-0.05, 0) is 62.9 Å². The highest BCUT2D eigenvalue weighted by atomic mass is 16.5. The summed E-state index contributed by atoms with van der Waals surface area (Å²) in [6.45, 7) is 6.40. The minimum atomic E-state index is -0.297. The van der Waals surface area contributed by atoms with Crippen molar-refractivity contribution in [1.29, 1.82) is 0 Å². The van der Waals surface area contributed by atoms with Crippen molar-refractivity contribution in [3.05, 3.63) is 48.2 Å². The number of ether oxygens (including phenoxy) is 2. The summed E-state index contributed by atoms with van der Waals surface area (Å²) in [5.41, 5.74) is 3.32. The summed E-state index contributed by atoms with van der Waals surface area (Å²) in [7, 11) is 0. The molecule has 0 heterocycles. The van der Waals surface area contributed by atoms with Crippen LogP contribution in [0.3, 0.4) is 0 Å². The van der Waals surface area contributed by atoms with Crippen LogP contribution < -0.4 is 4.74 Å². The highest BCUT2D eigenvalue weighted by Gasteiger charge is 2.05. The number of allylic oxidation sites excluding steroid dienone is 1. The molecule has 20 heavy (non-hydrogen) atoms. The third kappa shape index (κ3) is 6.26. The number of rotatable bonds is 9. The van der Waals surface area contributed by atoms with Gasteiger partial charge < -0.3 is 9.47 Å². The van der Waals surface area contributed by atoms with Gasteiger partial charge in [0.05, 0.1) is 18.8 Å². The average Bonchev–Trinajstić information content (AvgIpc) is 2.47. The van der Waals surface area contributed by atoms with E-state index in [9.17, 15) is 4.79 Å². The van der Waals surface area contributed by atoms with Crippen LogP contribution in [0.25, 0.3) is 0 Å². The Bertz CT molecular complexity index is 442. The second-order valence-corrected chi connectivity index (χ2v) is 4.35. The molecule has 0 aliphatic heterocycles. The van der Waals surface area contributed by atoms with E-state index < -0.39 is 0 Å². The van der Waals surface area contributed by atoms with Crippen molar-refractivity contribution in [2.45, 2.75) is 32.6 Å². The molecule has 0 N–H and O–H groups in total. The zero-order valence-electron chi connectivity index (χ0n) is 12.1. The lowest BCUT2D eigenvalue weighted by atomic mass is 10.2. The molecule has 1 rings (SSSR count). The summed E-state index contributed by atoms with van der Waals surface area (Å²) in [5, 5.41) is 0. The molecule has 1 aromatic carbocycles. The molecule has 0 atom stereocenters. The number of benzene rings is 1. The largest absolute Gasteiger partial charge is 0.494 e. The van der Waals surface area contributed by atoms with Crippen LogP contribution in [0.4, 0.5) is 0 Å². The molecular weight excluding hydrogens is 252 g/mol. The minimum Gasteiger partial charge on any atom is -0.494 e. The summed E-state index contributed by atoms with van der Waals surface area (Å²) in [4.78, 5) is 11.5. The van der Waals surface area contributed by atoms with Crippen LogP contribution in [-0.2, 0) is 4.74 Å². The van der Waals surface area contributed by atoms with Gasteiger partial charge >= 0.3 is 5.97 Å². The Morgan fingerprint density at radius 2 is 2.00 bits per heavy atom. The standard InChI is InChI=1S/C17H22O3/c1-3-5-6-7-8-9-14-20-16-12-10-15(11-13-16)17(18)19-4-2/h5,10-13H,1,4,6-9,14H2,2H3. The fraction of sp³-hybridized carbons (Fsp3) is 0.412. The first-order valence-electron chi connectivity index (χ1n) is 7.02. The predicted molar refractivity (Wildman–Crippen MR) is 80.1 cm³/mol. The number of carbonyl (C=O) groups excluding carboxylic acids is 1. The van der Waals surface area contributed by atoms with Crippen molar-refractivity contribution < 1.29 is 14.3 Å². The van der Waals surface area contributed by atoms with E-state index in [1.165, 1.54) is 0 Å². The van der Waals surface area contributed by atoms with Crippen molar-refractivity contribution in [3.63, 3.8) is 0 Å². The summed E-state index contributed by atoms with van der Waals surface area (Å²) in [6, 6.07) is 7.05. The molecule has 0 spiro atoms. The third-order valence-corrected chi connectivity index (χ3v) is 2.77. The van der Waals surface area contributed by atoms with Crippen molar-refractivity contribution in [3.8, 4) is 5.75 Å². The van der Waals surface area contributed by atoms with Gasteiger partial charge in [0, 0.05) is 0 Å². The van der Waals surface area contributed by atoms with Crippen LogP contribution in [0.2, 0.25) is 0 Å². The van der Waals surface area contributed by atoms with Crippen molar-refractivity contribution in [2.75, 3.05) is 13.2 Å².